The summed E-state index contributed by atoms with van der Waals surface area (Å²) in [6, 6.07) is 4.67. The van der Waals surface area contributed by atoms with Crippen molar-refractivity contribution in [2.24, 2.45) is 0 Å². The number of sulfonamides is 1. The smallest absolute Gasteiger partial charge is 0.326 e. The number of hydrogen-bond donors (Lipinski definition) is 2. The molecule has 0 bridgehead atoms. The number of amides is 1. The van der Waals surface area contributed by atoms with E-state index >= 15 is 0 Å². The highest BCUT2D eigenvalue weighted by molar-refractivity contribution is 7.89. The van der Waals surface area contributed by atoms with Crippen molar-refractivity contribution in [1.82, 2.24) is 9.62 Å². The van der Waals surface area contributed by atoms with Crippen LogP contribution in [0, 0.1) is 0 Å². The number of rotatable bonds is 8. The average molecular weight is 368 g/mol. The quantitative estimate of drug-likeness (QED) is 0.729. The summed E-state index contributed by atoms with van der Waals surface area (Å²) in [6.45, 7) is 2.98. The molecule has 0 aliphatic carbocycles. The van der Waals surface area contributed by atoms with E-state index in [-0.39, 0.29) is 10.5 Å². The van der Waals surface area contributed by atoms with Crippen LogP contribution in [0.4, 0.5) is 0 Å². The lowest BCUT2D eigenvalue weighted by Gasteiger charge is -2.16. The molecule has 1 aromatic rings. The minimum atomic E-state index is -3.52. The van der Waals surface area contributed by atoms with Crippen LogP contribution in [0.5, 0.6) is 0 Å². The molecule has 1 aliphatic rings. The molecule has 7 nitrogen and oxygen atoms in total. The van der Waals surface area contributed by atoms with E-state index in [1.54, 1.807) is 0 Å². The Labute approximate surface area is 148 Å². The van der Waals surface area contributed by atoms with E-state index in [2.05, 4.69) is 5.32 Å². The Morgan fingerprint density at radius 3 is 2.32 bits per heavy atom. The van der Waals surface area contributed by atoms with Gasteiger partial charge in [0, 0.05) is 18.7 Å². The summed E-state index contributed by atoms with van der Waals surface area (Å²) >= 11 is 0. The van der Waals surface area contributed by atoms with Crippen molar-refractivity contribution in [2.75, 3.05) is 13.1 Å². The van der Waals surface area contributed by atoms with Crippen LogP contribution < -0.4 is 5.32 Å². The normalized spacial score (nSPS) is 16.5. The fourth-order valence-electron chi connectivity index (χ4n) is 2.76. The monoisotopic (exact) mass is 368 g/mol. The molecule has 1 saturated heterocycles. The fourth-order valence-corrected chi connectivity index (χ4v) is 4.28. The van der Waals surface area contributed by atoms with E-state index in [4.69, 9.17) is 5.11 Å². The number of benzene rings is 1. The van der Waals surface area contributed by atoms with Gasteiger partial charge in [-0.15, -0.1) is 0 Å². The van der Waals surface area contributed by atoms with Crippen molar-refractivity contribution in [3.8, 4) is 0 Å². The summed E-state index contributed by atoms with van der Waals surface area (Å²) in [6.07, 6.45) is 3.61. The van der Waals surface area contributed by atoms with Gasteiger partial charge in [0.25, 0.3) is 5.91 Å². The number of carbonyl (C=O) groups excluding carboxylic acids is 1. The second kappa shape index (κ2) is 8.44. The molecular weight excluding hydrogens is 344 g/mol. The van der Waals surface area contributed by atoms with E-state index < -0.39 is 27.9 Å². The highest BCUT2D eigenvalue weighted by atomic mass is 32.2. The topological polar surface area (TPSA) is 104 Å². The second-order valence-corrected chi connectivity index (χ2v) is 8.08. The van der Waals surface area contributed by atoms with Gasteiger partial charge in [-0.2, -0.15) is 4.31 Å². The third-order valence-electron chi connectivity index (χ3n) is 4.27. The van der Waals surface area contributed by atoms with Gasteiger partial charge in [-0.3, -0.25) is 4.79 Å². The van der Waals surface area contributed by atoms with Gasteiger partial charge in [-0.25, -0.2) is 13.2 Å². The summed E-state index contributed by atoms with van der Waals surface area (Å²) in [4.78, 5) is 23.6. The van der Waals surface area contributed by atoms with Crippen LogP contribution in [-0.4, -0.2) is 48.8 Å². The van der Waals surface area contributed by atoms with Crippen molar-refractivity contribution in [2.45, 2.75) is 50.0 Å². The number of carbonyl (C=O) groups is 2. The summed E-state index contributed by atoms with van der Waals surface area (Å²) < 4.78 is 26.3. The first-order valence-corrected chi connectivity index (χ1v) is 9.94. The highest BCUT2D eigenvalue weighted by Gasteiger charge is 2.27. The van der Waals surface area contributed by atoms with Gasteiger partial charge < -0.3 is 10.4 Å². The standard InChI is InChI=1S/C17H24N2O5S/c1-2-3-6-15(17(21)22)18-16(20)13-7-9-14(10-8-13)25(23,24)19-11-4-5-12-19/h7-10,15H,2-6,11-12H2,1H3,(H,18,20)(H,21,22)/t15-/m0/s1. The van der Waals surface area contributed by atoms with Gasteiger partial charge in [0.2, 0.25) is 10.0 Å². The first-order valence-electron chi connectivity index (χ1n) is 8.50. The maximum absolute atomic E-state index is 12.4. The van der Waals surface area contributed by atoms with Crippen LogP contribution in [0.1, 0.15) is 49.4 Å². The molecule has 0 aromatic heterocycles. The largest absolute Gasteiger partial charge is 0.480 e. The maximum Gasteiger partial charge on any atom is 0.326 e. The molecule has 1 heterocycles. The summed E-state index contributed by atoms with van der Waals surface area (Å²) in [5.41, 5.74) is 0.239. The molecule has 0 unspecified atom stereocenters. The van der Waals surface area contributed by atoms with E-state index in [1.807, 2.05) is 6.92 Å². The Bertz CT molecular complexity index is 709. The summed E-state index contributed by atoms with van der Waals surface area (Å²) in [5.74, 6) is -1.59. The van der Waals surface area contributed by atoms with Crippen molar-refractivity contribution < 1.29 is 23.1 Å². The van der Waals surface area contributed by atoms with E-state index in [9.17, 15) is 18.0 Å². The lowest BCUT2D eigenvalue weighted by Crippen LogP contribution is -2.40. The molecule has 8 heteroatoms. The zero-order chi connectivity index (χ0) is 18.4. The Kier molecular flexibility index (Phi) is 6.55. The maximum atomic E-state index is 12.4. The predicted octanol–water partition coefficient (Wildman–Crippen LogP) is 1.84. The second-order valence-electron chi connectivity index (χ2n) is 6.14. The number of aliphatic carboxylic acids is 1. The molecule has 0 radical (unpaired) electrons. The minimum absolute atomic E-state index is 0.145. The Hall–Kier alpha value is -1.93. The Morgan fingerprint density at radius 1 is 1.20 bits per heavy atom. The Morgan fingerprint density at radius 2 is 1.80 bits per heavy atom. The summed E-state index contributed by atoms with van der Waals surface area (Å²) in [7, 11) is -3.52. The molecule has 2 N–H and O–H groups in total. The number of nitrogens with zero attached hydrogens (tertiary/aromatic N) is 1. The minimum Gasteiger partial charge on any atom is -0.480 e. The van der Waals surface area contributed by atoms with Gasteiger partial charge in [-0.1, -0.05) is 19.8 Å². The van der Waals surface area contributed by atoms with Gasteiger partial charge in [0.1, 0.15) is 6.04 Å². The molecule has 0 saturated carbocycles. The SMILES string of the molecule is CCCC[C@H](NC(=O)c1ccc(S(=O)(=O)N2CCCC2)cc1)C(=O)O. The first-order chi connectivity index (χ1) is 11.9. The third-order valence-corrected chi connectivity index (χ3v) is 6.18. The van der Waals surface area contributed by atoms with Crippen LogP contribution >= 0.6 is 0 Å². The molecule has 1 aliphatic heterocycles. The molecule has 138 valence electrons. The molecule has 2 rings (SSSR count). The number of hydrogen-bond acceptors (Lipinski definition) is 4. The lowest BCUT2D eigenvalue weighted by molar-refractivity contribution is -0.139. The molecule has 1 atom stereocenters. The molecule has 1 amide bonds. The van der Waals surface area contributed by atoms with Gasteiger partial charge in [-0.05, 0) is 43.5 Å². The first kappa shape index (κ1) is 19.4. The lowest BCUT2D eigenvalue weighted by atomic mass is 10.1. The van der Waals surface area contributed by atoms with Gasteiger partial charge in [0.05, 0.1) is 4.90 Å². The van der Waals surface area contributed by atoms with E-state index in [1.165, 1.54) is 28.6 Å². The number of unbranched alkanes of at least 4 members (excludes halogenated alkanes) is 1. The van der Waals surface area contributed by atoms with Crippen LogP contribution in [0.3, 0.4) is 0 Å². The van der Waals surface area contributed by atoms with Crippen molar-refractivity contribution >= 4 is 21.9 Å². The molecule has 1 fully saturated rings. The van der Waals surface area contributed by atoms with Crippen LogP contribution in [0.2, 0.25) is 0 Å². The average Bonchev–Trinajstić information content (AvgIpc) is 3.13. The van der Waals surface area contributed by atoms with E-state index in [0.29, 0.717) is 25.9 Å². The van der Waals surface area contributed by atoms with E-state index in [0.717, 1.165) is 19.3 Å². The number of carboxylic acids is 1. The molecular formula is C17H24N2O5S. The molecule has 0 spiro atoms. The Balaban J connectivity index is 2.08. The fraction of sp³-hybridized carbons (Fsp3) is 0.529. The number of carboxylic acid groups (broad SMARTS) is 1. The molecule has 25 heavy (non-hydrogen) atoms. The van der Waals surface area contributed by atoms with Gasteiger partial charge >= 0.3 is 5.97 Å². The van der Waals surface area contributed by atoms with Crippen molar-refractivity contribution in [3.63, 3.8) is 0 Å². The van der Waals surface area contributed by atoms with Crippen LogP contribution in [-0.2, 0) is 14.8 Å². The number of nitrogens with one attached hydrogen (secondary N) is 1. The van der Waals surface area contributed by atoms with Crippen LogP contribution in [0.15, 0.2) is 29.2 Å². The van der Waals surface area contributed by atoms with Crippen molar-refractivity contribution in [3.05, 3.63) is 29.8 Å². The zero-order valence-corrected chi connectivity index (χ0v) is 15.1. The third kappa shape index (κ3) is 4.79. The van der Waals surface area contributed by atoms with Gasteiger partial charge in [0.15, 0.2) is 0 Å². The van der Waals surface area contributed by atoms with Crippen LogP contribution in [0.25, 0.3) is 0 Å². The molecule has 1 aromatic carbocycles. The summed E-state index contributed by atoms with van der Waals surface area (Å²) in [5, 5.41) is 11.7. The van der Waals surface area contributed by atoms with Crippen molar-refractivity contribution in [1.29, 1.82) is 0 Å². The highest BCUT2D eigenvalue weighted by Crippen LogP contribution is 2.21. The predicted molar refractivity (Wildman–Crippen MR) is 92.8 cm³/mol. The zero-order valence-electron chi connectivity index (χ0n) is 14.3.